The van der Waals surface area contributed by atoms with Crippen LogP contribution in [0.2, 0.25) is 5.02 Å². The van der Waals surface area contributed by atoms with Crippen molar-refractivity contribution in [3.8, 4) is 0 Å². The Bertz CT molecular complexity index is 314. The number of nitrogens with two attached hydrogens (primary N) is 1. The fourth-order valence-electron chi connectivity index (χ4n) is 1.64. The van der Waals surface area contributed by atoms with E-state index in [0.29, 0.717) is 12.5 Å². The topological polar surface area (TPSA) is 47.3 Å². The van der Waals surface area contributed by atoms with Gasteiger partial charge in [-0.3, -0.25) is 0 Å². The van der Waals surface area contributed by atoms with Crippen molar-refractivity contribution in [2.45, 2.75) is 5.92 Å². The molecule has 1 atom stereocenters. The van der Waals surface area contributed by atoms with E-state index in [0.717, 1.165) is 17.3 Å². The van der Waals surface area contributed by atoms with Gasteiger partial charge in [0.1, 0.15) is 0 Å². The molecule has 1 unspecified atom stereocenters. The minimum atomic E-state index is 0.318. The van der Waals surface area contributed by atoms with Crippen LogP contribution in [0.1, 0.15) is 11.5 Å². The molecule has 1 aliphatic rings. The monoisotopic (exact) mass is 198 g/mol. The molecule has 0 saturated carbocycles. The van der Waals surface area contributed by atoms with Crippen LogP contribution in [0.25, 0.3) is 0 Å². The van der Waals surface area contributed by atoms with Crippen LogP contribution in [0.3, 0.4) is 0 Å². The standard InChI is InChI=1S/C9H11ClN2O/c10-7-1-2-9-8(3-7)6(4-12-9)5-13-11/h1-3,6,12H,4-5,11H2. The number of hydrogen-bond donors (Lipinski definition) is 2. The molecule has 1 aromatic rings. The molecular formula is C9H11ClN2O. The molecule has 0 spiro atoms. The summed E-state index contributed by atoms with van der Waals surface area (Å²) in [5.74, 6) is 5.36. The number of benzene rings is 1. The van der Waals surface area contributed by atoms with E-state index in [9.17, 15) is 0 Å². The zero-order valence-corrected chi connectivity index (χ0v) is 7.84. The molecule has 1 aliphatic heterocycles. The van der Waals surface area contributed by atoms with Crippen molar-refractivity contribution in [3.63, 3.8) is 0 Å². The summed E-state index contributed by atoms with van der Waals surface area (Å²) in [5, 5.41) is 4.02. The largest absolute Gasteiger partial charge is 0.384 e. The van der Waals surface area contributed by atoms with Gasteiger partial charge in [0.25, 0.3) is 0 Å². The lowest BCUT2D eigenvalue weighted by atomic mass is 10.0. The highest BCUT2D eigenvalue weighted by molar-refractivity contribution is 6.30. The van der Waals surface area contributed by atoms with Crippen LogP contribution >= 0.6 is 11.6 Å². The second-order valence-corrected chi connectivity index (χ2v) is 3.58. The molecule has 3 N–H and O–H groups in total. The van der Waals surface area contributed by atoms with Gasteiger partial charge in [-0.25, -0.2) is 5.90 Å². The van der Waals surface area contributed by atoms with Crippen molar-refractivity contribution in [1.82, 2.24) is 0 Å². The summed E-state index contributed by atoms with van der Waals surface area (Å²) in [6.45, 7) is 1.40. The Morgan fingerprint density at radius 1 is 1.62 bits per heavy atom. The van der Waals surface area contributed by atoms with E-state index >= 15 is 0 Å². The maximum absolute atomic E-state index is 5.89. The molecule has 1 heterocycles. The third-order valence-electron chi connectivity index (χ3n) is 2.29. The van der Waals surface area contributed by atoms with Crippen molar-refractivity contribution in [2.24, 2.45) is 5.90 Å². The van der Waals surface area contributed by atoms with Gasteiger partial charge in [0.2, 0.25) is 0 Å². The molecule has 0 amide bonds. The summed E-state index contributed by atoms with van der Waals surface area (Å²) in [7, 11) is 0. The Hall–Kier alpha value is -0.770. The molecule has 2 rings (SSSR count). The Morgan fingerprint density at radius 3 is 3.23 bits per heavy atom. The molecule has 4 heteroatoms. The van der Waals surface area contributed by atoms with Crippen LogP contribution < -0.4 is 11.2 Å². The Labute approximate surface area is 81.8 Å². The average molecular weight is 199 g/mol. The number of hydrogen-bond acceptors (Lipinski definition) is 3. The predicted molar refractivity (Wildman–Crippen MR) is 52.8 cm³/mol. The van der Waals surface area contributed by atoms with Crippen molar-refractivity contribution in [2.75, 3.05) is 18.5 Å². The van der Waals surface area contributed by atoms with Gasteiger partial charge in [0, 0.05) is 23.2 Å². The van der Waals surface area contributed by atoms with E-state index in [2.05, 4.69) is 10.2 Å². The molecule has 0 aromatic heterocycles. The van der Waals surface area contributed by atoms with E-state index < -0.39 is 0 Å². The van der Waals surface area contributed by atoms with Gasteiger partial charge < -0.3 is 10.2 Å². The fourth-order valence-corrected chi connectivity index (χ4v) is 1.82. The molecule has 0 radical (unpaired) electrons. The van der Waals surface area contributed by atoms with Crippen molar-refractivity contribution >= 4 is 17.3 Å². The van der Waals surface area contributed by atoms with Crippen LogP contribution in [0.4, 0.5) is 5.69 Å². The van der Waals surface area contributed by atoms with Crippen molar-refractivity contribution in [1.29, 1.82) is 0 Å². The van der Waals surface area contributed by atoms with Gasteiger partial charge in [-0.15, -0.1) is 0 Å². The minimum Gasteiger partial charge on any atom is -0.384 e. The van der Waals surface area contributed by atoms with Crippen LogP contribution in [-0.2, 0) is 4.84 Å². The van der Waals surface area contributed by atoms with E-state index in [4.69, 9.17) is 17.5 Å². The highest BCUT2D eigenvalue weighted by Gasteiger charge is 2.21. The van der Waals surface area contributed by atoms with Gasteiger partial charge >= 0.3 is 0 Å². The lowest BCUT2D eigenvalue weighted by molar-refractivity contribution is 0.127. The molecule has 0 fully saturated rings. The highest BCUT2D eigenvalue weighted by Crippen LogP contribution is 2.33. The molecule has 0 saturated heterocycles. The van der Waals surface area contributed by atoms with E-state index in [1.807, 2.05) is 18.2 Å². The molecular weight excluding hydrogens is 188 g/mol. The second-order valence-electron chi connectivity index (χ2n) is 3.14. The first-order valence-electron chi connectivity index (χ1n) is 4.16. The minimum absolute atomic E-state index is 0.318. The molecule has 70 valence electrons. The Balaban J connectivity index is 2.29. The molecule has 0 aliphatic carbocycles. The van der Waals surface area contributed by atoms with Gasteiger partial charge in [-0.2, -0.15) is 0 Å². The van der Waals surface area contributed by atoms with Crippen LogP contribution in [0.15, 0.2) is 18.2 Å². The SMILES string of the molecule is NOCC1CNc2ccc(Cl)cc21. The third-order valence-corrected chi connectivity index (χ3v) is 2.52. The molecule has 13 heavy (non-hydrogen) atoms. The maximum Gasteiger partial charge on any atom is 0.0765 e. The first-order chi connectivity index (χ1) is 6.31. The number of nitrogens with one attached hydrogen (secondary N) is 1. The lowest BCUT2D eigenvalue weighted by Gasteiger charge is -2.07. The summed E-state index contributed by atoms with van der Waals surface area (Å²) in [6, 6.07) is 5.81. The Morgan fingerprint density at radius 2 is 2.46 bits per heavy atom. The smallest absolute Gasteiger partial charge is 0.0765 e. The average Bonchev–Trinajstić information content (AvgIpc) is 2.49. The first kappa shape index (κ1) is 8.81. The van der Waals surface area contributed by atoms with Crippen molar-refractivity contribution < 1.29 is 4.84 Å². The second kappa shape index (κ2) is 3.54. The maximum atomic E-state index is 5.89. The summed E-state index contributed by atoms with van der Waals surface area (Å²) in [4.78, 5) is 4.64. The van der Waals surface area contributed by atoms with E-state index in [-0.39, 0.29) is 0 Å². The Kier molecular flexibility index (Phi) is 2.40. The van der Waals surface area contributed by atoms with Gasteiger partial charge in [0.15, 0.2) is 0 Å². The van der Waals surface area contributed by atoms with Gasteiger partial charge in [-0.05, 0) is 23.8 Å². The zero-order valence-electron chi connectivity index (χ0n) is 7.09. The van der Waals surface area contributed by atoms with Crippen LogP contribution in [0.5, 0.6) is 0 Å². The first-order valence-corrected chi connectivity index (χ1v) is 4.54. The lowest BCUT2D eigenvalue weighted by Crippen LogP contribution is -2.12. The van der Waals surface area contributed by atoms with E-state index in [1.54, 1.807) is 0 Å². The van der Waals surface area contributed by atoms with Gasteiger partial charge in [-0.1, -0.05) is 11.6 Å². The predicted octanol–water partition coefficient (Wildman–Crippen LogP) is 1.74. The molecule has 3 nitrogen and oxygen atoms in total. The zero-order chi connectivity index (χ0) is 9.26. The number of halogens is 1. The number of rotatable bonds is 2. The summed E-state index contributed by atoms with van der Waals surface area (Å²) < 4.78 is 0. The molecule has 1 aromatic carbocycles. The quantitative estimate of drug-likeness (QED) is 0.712. The summed E-state index contributed by atoms with van der Waals surface area (Å²) in [6.07, 6.45) is 0. The fraction of sp³-hybridized carbons (Fsp3) is 0.333. The van der Waals surface area contributed by atoms with E-state index in [1.165, 1.54) is 5.56 Å². The highest BCUT2D eigenvalue weighted by atomic mass is 35.5. The number of fused-ring (bicyclic) bond motifs is 1. The van der Waals surface area contributed by atoms with Gasteiger partial charge in [0.05, 0.1) is 6.61 Å². The van der Waals surface area contributed by atoms with Crippen LogP contribution in [0, 0.1) is 0 Å². The normalized spacial score (nSPS) is 19.7. The van der Waals surface area contributed by atoms with Crippen molar-refractivity contribution in [3.05, 3.63) is 28.8 Å². The number of anilines is 1. The van der Waals surface area contributed by atoms with Crippen LogP contribution in [-0.4, -0.2) is 13.2 Å². The summed E-state index contributed by atoms with van der Waals surface area (Å²) in [5.41, 5.74) is 2.32. The third kappa shape index (κ3) is 1.63. The molecule has 0 bridgehead atoms. The summed E-state index contributed by atoms with van der Waals surface area (Å²) >= 11 is 5.89.